The minimum Gasteiger partial charge on any atom is -0.353 e. The maximum absolute atomic E-state index is 6.15. The van der Waals surface area contributed by atoms with Gasteiger partial charge >= 0.3 is 0 Å². The van der Waals surface area contributed by atoms with Gasteiger partial charge in [-0.25, -0.2) is 0 Å². The quantitative estimate of drug-likeness (QED) is 0.681. The average Bonchev–Trinajstić information content (AvgIpc) is 2.66. The lowest BCUT2D eigenvalue weighted by Crippen LogP contribution is -2.27. The van der Waals surface area contributed by atoms with Crippen molar-refractivity contribution in [3.63, 3.8) is 0 Å². The Bertz CT molecular complexity index is 293. The molecule has 0 aromatic rings. The third kappa shape index (κ3) is 2.43. The molecule has 3 aliphatic rings. The third-order valence-corrected chi connectivity index (χ3v) is 4.81. The molecule has 4 unspecified atom stereocenters. The van der Waals surface area contributed by atoms with Crippen LogP contribution in [0.3, 0.4) is 0 Å². The molecular formula is C15H24O2. The maximum Gasteiger partial charge on any atom is 0.157 e. The van der Waals surface area contributed by atoms with Crippen LogP contribution in [0, 0.1) is 11.3 Å². The molecule has 1 saturated carbocycles. The summed E-state index contributed by atoms with van der Waals surface area (Å²) in [6.07, 6.45) is 13.9. The lowest BCUT2D eigenvalue weighted by atomic mass is 9.74. The Hall–Kier alpha value is -0.340. The Labute approximate surface area is 104 Å². The van der Waals surface area contributed by atoms with E-state index in [1.807, 2.05) is 0 Å². The van der Waals surface area contributed by atoms with Gasteiger partial charge in [-0.05, 0) is 56.3 Å². The van der Waals surface area contributed by atoms with E-state index in [1.54, 1.807) is 0 Å². The third-order valence-electron chi connectivity index (χ3n) is 4.81. The molecule has 0 aromatic heterocycles. The van der Waals surface area contributed by atoms with Crippen molar-refractivity contribution < 1.29 is 9.47 Å². The van der Waals surface area contributed by atoms with Crippen molar-refractivity contribution in [2.45, 2.75) is 64.3 Å². The monoisotopic (exact) mass is 236 g/mol. The molecule has 1 heterocycles. The number of ether oxygens (including phenoxy) is 2. The van der Waals surface area contributed by atoms with E-state index in [0.29, 0.717) is 11.5 Å². The lowest BCUT2D eigenvalue weighted by molar-refractivity contribution is -0.187. The molecular weight excluding hydrogens is 212 g/mol. The summed E-state index contributed by atoms with van der Waals surface area (Å²) in [6, 6.07) is 0. The van der Waals surface area contributed by atoms with Crippen molar-refractivity contribution in [3.05, 3.63) is 12.2 Å². The second-order valence-electron chi connectivity index (χ2n) is 6.18. The van der Waals surface area contributed by atoms with Gasteiger partial charge in [0, 0.05) is 6.61 Å². The smallest absolute Gasteiger partial charge is 0.157 e. The predicted molar refractivity (Wildman–Crippen MR) is 67.7 cm³/mol. The minimum absolute atomic E-state index is 0.0847. The van der Waals surface area contributed by atoms with Gasteiger partial charge in [-0.2, -0.15) is 0 Å². The summed E-state index contributed by atoms with van der Waals surface area (Å²) in [5.41, 5.74) is 0.400. The van der Waals surface area contributed by atoms with Gasteiger partial charge in [0.1, 0.15) is 0 Å². The Kier molecular flexibility index (Phi) is 3.27. The Balaban J connectivity index is 1.58. The van der Waals surface area contributed by atoms with Gasteiger partial charge in [-0.1, -0.05) is 19.1 Å². The number of hydrogen-bond donors (Lipinski definition) is 0. The molecule has 1 saturated heterocycles. The molecule has 2 aliphatic carbocycles. The molecule has 1 aliphatic heterocycles. The van der Waals surface area contributed by atoms with Crippen LogP contribution in [0.5, 0.6) is 0 Å². The van der Waals surface area contributed by atoms with Crippen LogP contribution in [0.25, 0.3) is 0 Å². The zero-order chi connectivity index (χ0) is 11.7. The fourth-order valence-electron chi connectivity index (χ4n) is 3.77. The molecule has 0 amide bonds. The van der Waals surface area contributed by atoms with Gasteiger partial charge in [-0.3, -0.25) is 0 Å². The molecule has 2 fully saturated rings. The summed E-state index contributed by atoms with van der Waals surface area (Å²) in [4.78, 5) is 0. The first-order valence-corrected chi connectivity index (χ1v) is 7.21. The van der Waals surface area contributed by atoms with Crippen molar-refractivity contribution in [3.8, 4) is 0 Å². The first kappa shape index (κ1) is 11.7. The van der Waals surface area contributed by atoms with Crippen LogP contribution in [-0.4, -0.2) is 19.0 Å². The van der Waals surface area contributed by atoms with E-state index in [-0.39, 0.29) is 6.29 Å². The Morgan fingerprint density at radius 1 is 1.29 bits per heavy atom. The predicted octanol–water partition coefficient (Wildman–Crippen LogP) is 3.66. The fourth-order valence-corrected chi connectivity index (χ4v) is 3.77. The summed E-state index contributed by atoms with van der Waals surface area (Å²) in [6.45, 7) is 3.29. The van der Waals surface area contributed by atoms with Crippen molar-refractivity contribution in [1.82, 2.24) is 0 Å². The number of hydrogen-bond acceptors (Lipinski definition) is 2. The summed E-state index contributed by atoms with van der Waals surface area (Å²) in [5.74, 6) is 0.834. The molecule has 0 aromatic carbocycles. The topological polar surface area (TPSA) is 18.5 Å². The van der Waals surface area contributed by atoms with Gasteiger partial charge in [0.05, 0.1) is 6.10 Å². The van der Waals surface area contributed by atoms with E-state index in [1.165, 1.54) is 38.5 Å². The zero-order valence-electron chi connectivity index (χ0n) is 10.9. The molecule has 3 rings (SSSR count). The lowest BCUT2D eigenvalue weighted by Gasteiger charge is -2.31. The SMILES string of the molecule is CC12C=CCCC1CC(OC1CCCCO1)C2. The van der Waals surface area contributed by atoms with Crippen LogP contribution in [0.2, 0.25) is 0 Å². The van der Waals surface area contributed by atoms with E-state index in [9.17, 15) is 0 Å². The summed E-state index contributed by atoms with van der Waals surface area (Å²) in [5, 5.41) is 0. The van der Waals surface area contributed by atoms with Crippen LogP contribution >= 0.6 is 0 Å². The highest BCUT2D eigenvalue weighted by Crippen LogP contribution is 2.50. The van der Waals surface area contributed by atoms with Gasteiger partial charge < -0.3 is 9.47 Å². The van der Waals surface area contributed by atoms with Crippen molar-refractivity contribution in [2.24, 2.45) is 11.3 Å². The second-order valence-corrected chi connectivity index (χ2v) is 6.18. The summed E-state index contributed by atoms with van der Waals surface area (Å²) in [7, 11) is 0. The van der Waals surface area contributed by atoms with Crippen LogP contribution in [0.4, 0.5) is 0 Å². The van der Waals surface area contributed by atoms with Crippen LogP contribution < -0.4 is 0 Å². The molecule has 2 nitrogen and oxygen atoms in total. The molecule has 96 valence electrons. The standard InChI is InChI=1S/C15H24O2/c1-15-8-4-2-6-12(15)10-13(11-15)17-14-7-3-5-9-16-14/h4,8,12-14H,2-3,5-7,9-11H2,1H3. The van der Waals surface area contributed by atoms with E-state index >= 15 is 0 Å². The van der Waals surface area contributed by atoms with Crippen LogP contribution in [0.1, 0.15) is 51.9 Å². The van der Waals surface area contributed by atoms with E-state index in [0.717, 1.165) is 18.9 Å². The Morgan fingerprint density at radius 3 is 3.00 bits per heavy atom. The normalized spacial score (nSPS) is 45.8. The molecule has 0 spiro atoms. The fraction of sp³-hybridized carbons (Fsp3) is 0.867. The average molecular weight is 236 g/mol. The van der Waals surface area contributed by atoms with Gasteiger partial charge in [0.15, 0.2) is 6.29 Å². The van der Waals surface area contributed by atoms with Gasteiger partial charge in [-0.15, -0.1) is 0 Å². The van der Waals surface area contributed by atoms with E-state index < -0.39 is 0 Å². The minimum atomic E-state index is 0.0847. The van der Waals surface area contributed by atoms with Gasteiger partial charge in [0.2, 0.25) is 0 Å². The van der Waals surface area contributed by atoms with E-state index in [4.69, 9.17) is 9.47 Å². The first-order valence-electron chi connectivity index (χ1n) is 7.21. The highest BCUT2D eigenvalue weighted by molar-refractivity contribution is 5.10. The number of rotatable bonds is 2. The van der Waals surface area contributed by atoms with Crippen molar-refractivity contribution >= 4 is 0 Å². The molecule has 0 bridgehead atoms. The molecule has 4 atom stereocenters. The zero-order valence-corrected chi connectivity index (χ0v) is 10.9. The Morgan fingerprint density at radius 2 is 2.24 bits per heavy atom. The second kappa shape index (κ2) is 4.74. The first-order chi connectivity index (χ1) is 8.26. The summed E-state index contributed by atoms with van der Waals surface area (Å²) < 4.78 is 11.8. The molecule has 2 heteroatoms. The molecule has 0 N–H and O–H groups in total. The van der Waals surface area contributed by atoms with Crippen LogP contribution in [-0.2, 0) is 9.47 Å². The number of allylic oxidation sites excluding steroid dienone is 2. The highest BCUT2D eigenvalue weighted by Gasteiger charge is 2.44. The van der Waals surface area contributed by atoms with E-state index in [2.05, 4.69) is 19.1 Å². The molecule has 17 heavy (non-hydrogen) atoms. The van der Waals surface area contributed by atoms with Crippen molar-refractivity contribution in [2.75, 3.05) is 6.61 Å². The summed E-state index contributed by atoms with van der Waals surface area (Å²) >= 11 is 0. The van der Waals surface area contributed by atoms with Crippen molar-refractivity contribution in [1.29, 1.82) is 0 Å². The maximum atomic E-state index is 6.15. The van der Waals surface area contributed by atoms with Crippen LogP contribution in [0.15, 0.2) is 12.2 Å². The number of fused-ring (bicyclic) bond motifs is 1. The molecule has 0 radical (unpaired) electrons. The highest BCUT2D eigenvalue weighted by atomic mass is 16.7. The van der Waals surface area contributed by atoms with Gasteiger partial charge in [0.25, 0.3) is 0 Å². The largest absolute Gasteiger partial charge is 0.353 e.